The number of alkyl halides is 1. The number of nitrogens with zero attached hydrogens (tertiary/aromatic N) is 1. The SMILES string of the molecule is O=C1C(Br)CCCN1c1ccc2c(c1)OCCCO2. The summed E-state index contributed by atoms with van der Waals surface area (Å²) in [5.74, 6) is 1.63. The van der Waals surface area contributed by atoms with Gasteiger partial charge in [0.05, 0.1) is 18.0 Å². The molecule has 0 aliphatic carbocycles. The topological polar surface area (TPSA) is 38.8 Å². The van der Waals surface area contributed by atoms with E-state index in [4.69, 9.17) is 9.47 Å². The van der Waals surface area contributed by atoms with Gasteiger partial charge in [0.2, 0.25) is 5.91 Å². The Bertz CT molecular complexity index is 492. The van der Waals surface area contributed by atoms with Gasteiger partial charge < -0.3 is 14.4 Å². The fourth-order valence-electron chi connectivity index (χ4n) is 2.41. The van der Waals surface area contributed by atoms with Crippen LogP contribution in [0.15, 0.2) is 18.2 Å². The lowest BCUT2D eigenvalue weighted by molar-refractivity contribution is -0.118. The maximum absolute atomic E-state index is 12.2. The van der Waals surface area contributed by atoms with E-state index in [9.17, 15) is 4.79 Å². The van der Waals surface area contributed by atoms with Crippen LogP contribution in [0.25, 0.3) is 0 Å². The molecule has 1 unspecified atom stereocenters. The third kappa shape index (κ3) is 2.56. The molecule has 5 heteroatoms. The normalized spacial score (nSPS) is 23.1. The van der Waals surface area contributed by atoms with Crippen LogP contribution >= 0.6 is 15.9 Å². The van der Waals surface area contributed by atoms with Gasteiger partial charge in [-0.05, 0) is 25.0 Å². The van der Waals surface area contributed by atoms with Crippen molar-refractivity contribution < 1.29 is 14.3 Å². The number of fused-ring (bicyclic) bond motifs is 1. The minimum atomic E-state index is -0.0720. The molecule has 0 N–H and O–H groups in total. The first-order chi connectivity index (χ1) is 9.25. The second-order valence-corrected chi connectivity index (χ2v) is 5.89. The summed E-state index contributed by atoms with van der Waals surface area (Å²) in [4.78, 5) is 13.9. The molecule has 1 atom stereocenters. The maximum Gasteiger partial charge on any atom is 0.240 e. The van der Waals surface area contributed by atoms with Crippen LogP contribution in [-0.2, 0) is 4.79 Å². The van der Waals surface area contributed by atoms with E-state index in [1.165, 1.54) is 0 Å². The molecule has 1 fully saturated rings. The standard InChI is InChI=1S/C14H16BrNO3/c15-11-3-1-6-16(14(11)17)10-4-5-12-13(9-10)19-8-2-7-18-12/h4-5,9,11H,1-3,6-8H2. The number of rotatable bonds is 1. The first-order valence-electron chi connectivity index (χ1n) is 6.61. The van der Waals surface area contributed by atoms with Crippen molar-refractivity contribution in [3.63, 3.8) is 0 Å². The molecule has 1 aromatic rings. The largest absolute Gasteiger partial charge is 0.490 e. The van der Waals surface area contributed by atoms with Crippen molar-refractivity contribution in [2.45, 2.75) is 24.1 Å². The lowest BCUT2D eigenvalue weighted by Crippen LogP contribution is -2.41. The van der Waals surface area contributed by atoms with Crippen LogP contribution in [-0.4, -0.2) is 30.5 Å². The van der Waals surface area contributed by atoms with Crippen LogP contribution in [0, 0.1) is 0 Å². The molecule has 102 valence electrons. The van der Waals surface area contributed by atoms with E-state index in [1.54, 1.807) is 0 Å². The van der Waals surface area contributed by atoms with E-state index in [0.717, 1.165) is 43.0 Å². The van der Waals surface area contributed by atoms with Gasteiger partial charge in [-0.3, -0.25) is 4.79 Å². The van der Waals surface area contributed by atoms with Crippen molar-refractivity contribution in [1.82, 2.24) is 0 Å². The lowest BCUT2D eigenvalue weighted by Gasteiger charge is -2.30. The molecular formula is C14H16BrNO3. The van der Waals surface area contributed by atoms with Crippen LogP contribution < -0.4 is 14.4 Å². The Kier molecular flexibility index (Phi) is 3.64. The zero-order chi connectivity index (χ0) is 13.2. The van der Waals surface area contributed by atoms with Gasteiger partial charge in [0.15, 0.2) is 11.5 Å². The molecule has 0 aromatic heterocycles. The van der Waals surface area contributed by atoms with Gasteiger partial charge in [-0.2, -0.15) is 0 Å². The van der Waals surface area contributed by atoms with Crippen molar-refractivity contribution in [3.05, 3.63) is 18.2 Å². The van der Waals surface area contributed by atoms with E-state index in [1.807, 2.05) is 23.1 Å². The molecule has 0 radical (unpaired) electrons. The van der Waals surface area contributed by atoms with E-state index in [2.05, 4.69) is 15.9 Å². The molecule has 2 heterocycles. The van der Waals surface area contributed by atoms with Crippen molar-refractivity contribution >= 4 is 27.5 Å². The number of ether oxygens (including phenoxy) is 2. The fraction of sp³-hybridized carbons (Fsp3) is 0.500. The van der Waals surface area contributed by atoms with Gasteiger partial charge in [-0.25, -0.2) is 0 Å². The first kappa shape index (κ1) is 12.8. The van der Waals surface area contributed by atoms with Crippen molar-refractivity contribution in [3.8, 4) is 11.5 Å². The smallest absolute Gasteiger partial charge is 0.240 e. The number of amides is 1. The van der Waals surface area contributed by atoms with E-state index in [0.29, 0.717) is 13.2 Å². The second-order valence-electron chi connectivity index (χ2n) is 4.78. The Hall–Kier alpha value is -1.23. The average Bonchev–Trinajstić information content (AvgIpc) is 2.66. The predicted octanol–water partition coefficient (Wildman–Crippen LogP) is 2.74. The van der Waals surface area contributed by atoms with E-state index >= 15 is 0 Å². The number of hydrogen-bond acceptors (Lipinski definition) is 3. The maximum atomic E-state index is 12.2. The fourth-order valence-corrected chi connectivity index (χ4v) is 2.98. The highest BCUT2D eigenvalue weighted by atomic mass is 79.9. The zero-order valence-corrected chi connectivity index (χ0v) is 12.2. The minimum Gasteiger partial charge on any atom is -0.490 e. The molecule has 4 nitrogen and oxygen atoms in total. The first-order valence-corrected chi connectivity index (χ1v) is 7.52. The summed E-state index contributed by atoms with van der Waals surface area (Å²) < 4.78 is 11.3. The number of benzene rings is 1. The van der Waals surface area contributed by atoms with Crippen LogP contribution in [0.2, 0.25) is 0 Å². The van der Waals surface area contributed by atoms with Crippen LogP contribution in [0.3, 0.4) is 0 Å². The summed E-state index contributed by atoms with van der Waals surface area (Å²) in [6, 6.07) is 5.72. The summed E-state index contributed by atoms with van der Waals surface area (Å²) >= 11 is 3.43. The Balaban J connectivity index is 1.89. The van der Waals surface area contributed by atoms with Gasteiger partial charge >= 0.3 is 0 Å². The Labute approximate surface area is 120 Å². The summed E-state index contributed by atoms with van der Waals surface area (Å²) in [7, 11) is 0. The Morgan fingerprint density at radius 1 is 1.16 bits per heavy atom. The highest BCUT2D eigenvalue weighted by Crippen LogP contribution is 2.35. The van der Waals surface area contributed by atoms with Gasteiger partial charge in [0.1, 0.15) is 0 Å². The molecule has 2 aliphatic heterocycles. The summed E-state index contributed by atoms with van der Waals surface area (Å²) in [6.45, 7) is 2.10. The molecule has 1 aromatic carbocycles. The van der Waals surface area contributed by atoms with Crippen molar-refractivity contribution in [2.24, 2.45) is 0 Å². The molecule has 1 amide bonds. The molecule has 1 saturated heterocycles. The summed E-state index contributed by atoms with van der Waals surface area (Å²) in [6.07, 6.45) is 2.80. The van der Waals surface area contributed by atoms with Gasteiger partial charge in [0.25, 0.3) is 0 Å². The summed E-state index contributed by atoms with van der Waals surface area (Å²) in [5, 5.41) is 0. The number of carbonyl (C=O) groups excluding carboxylic acids is 1. The third-order valence-electron chi connectivity index (χ3n) is 3.42. The number of piperidine rings is 1. The zero-order valence-electron chi connectivity index (χ0n) is 10.6. The van der Waals surface area contributed by atoms with E-state index < -0.39 is 0 Å². The van der Waals surface area contributed by atoms with Gasteiger partial charge in [-0.15, -0.1) is 0 Å². The van der Waals surface area contributed by atoms with Crippen LogP contribution in [0.1, 0.15) is 19.3 Å². The molecular weight excluding hydrogens is 310 g/mol. The molecule has 2 aliphatic rings. The average molecular weight is 326 g/mol. The quantitative estimate of drug-likeness (QED) is 0.745. The van der Waals surface area contributed by atoms with E-state index in [-0.39, 0.29) is 10.7 Å². The monoisotopic (exact) mass is 325 g/mol. The highest BCUT2D eigenvalue weighted by Gasteiger charge is 2.28. The van der Waals surface area contributed by atoms with Crippen LogP contribution in [0.5, 0.6) is 11.5 Å². The highest BCUT2D eigenvalue weighted by molar-refractivity contribution is 9.10. The molecule has 0 spiro atoms. The third-order valence-corrected chi connectivity index (χ3v) is 4.27. The number of anilines is 1. The van der Waals surface area contributed by atoms with Crippen molar-refractivity contribution in [2.75, 3.05) is 24.7 Å². The number of halogens is 1. The molecule has 19 heavy (non-hydrogen) atoms. The lowest BCUT2D eigenvalue weighted by atomic mass is 10.1. The Morgan fingerprint density at radius 3 is 2.79 bits per heavy atom. The molecule has 3 rings (SSSR count). The second kappa shape index (κ2) is 5.41. The Morgan fingerprint density at radius 2 is 1.95 bits per heavy atom. The molecule has 0 saturated carbocycles. The summed E-state index contributed by atoms with van der Waals surface area (Å²) in [5.41, 5.74) is 0.887. The number of carbonyl (C=O) groups is 1. The van der Waals surface area contributed by atoms with Crippen LogP contribution in [0.4, 0.5) is 5.69 Å². The van der Waals surface area contributed by atoms with Gasteiger partial charge in [0, 0.05) is 24.7 Å². The number of hydrogen-bond donors (Lipinski definition) is 0. The van der Waals surface area contributed by atoms with Gasteiger partial charge in [-0.1, -0.05) is 15.9 Å². The minimum absolute atomic E-state index is 0.0720. The predicted molar refractivity (Wildman–Crippen MR) is 76.4 cm³/mol. The van der Waals surface area contributed by atoms with Crippen molar-refractivity contribution in [1.29, 1.82) is 0 Å². The molecule has 0 bridgehead atoms.